The number of nitrogens with zero attached hydrogens (tertiary/aromatic N) is 3. The number of rotatable bonds is 5. The average molecular weight is 269 g/mol. The number of aromatic nitrogens is 3. The van der Waals surface area contributed by atoms with Gasteiger partial charge in [0.25, 0.3) is 0 Å². The van der Waals surface area contributed by atoms with Crippen LogP contribution in [0.1, 0.15) is 10.6 Å². The second-order valence-electron chi connectivity index (χ2n) is 3.38. The van der Waals surface area contributed by atoms with Gasteiger partial charge < -0.3 is 5.11 Å². The number of thiazole rings is 1. The van der Waals surface area contributed by atoms with Crippen LogP contribution in [-0.2, 0) is 17.1 Å². The van der Waals surface area contributed by atoms with Crippen LogP contribution in [0.25, 0.3) is 0 Å². The fraction of sp³-hybridized carbons (Fsp3) is 0.300. The highest BCUT2D eigenvalue weighted by atomic mass is 32.2. The molecule has 0 saturated carbocycles. The summed E-state index contributed by atoms with van der Waals surface area (Å²) < 4.78 is 2.69. The second kappa shape index (κ2) is 5.33. The summed E-state index contributed by atoms with van der Waals surface area (Å²) in [4.78, 5) is 15.8. The van der Waals surface area contributed by atoms with E-state index in [0.717, 1.165) is 14.9 Å². The summed E-state index contributed by atoms with van der Waals surface area (Å²) in [7, 11) is 0. The summed E-state index contributed by atoms with van der Waals surface area (Å²) >= 11 is 2.99. The molecule has 0 unspecified atom stereocenters. The topological polar surface area (TPSA) is 68.0 Å². The van der Waals surface area contributed by atoms with Crippen molar-refractivity contribution in [1.82, 2.24) is 14.8 Å². The number of hydrogen-bond donors (Lipinski definition) is 1. The van der Waals surface area contributed by atoms with Crippen molar-refractivity contribution in [3.63, 3.8) is 0 Å². The highest BCUT2D eigenvalue weighted by Crippen LogP contribution is 2.28. The predicted molar refractivity (Wildman–Crippen MR) is 66.3 cm³/mol. The minimum atomic E-state index is -0.819. The van der Waals surface area contributed by atoms with Crippen LogP contribution in [0.5, 0.6) is 0 Å². The molecule has 0 spiro atoms. The lowest BCUT2D eigenvalue weighted by molar-refractivity contribution is -0.136. The zero-order valence-electron chi connectivity index (χ0n) is 9.16. The molecule has 0 aromatic carbocycles. The molecular weight excluding hydrogens is 258 g/mol. The summed E-state index contributed by atoms with van der Waals surface area (Å²) in [5.74, 6) is -0.132. The maximum atomic E-state index is 10.6. The van der Waals surface area contributed by atoms with Crippen LogP contribution in [0.3, 0.4) is 0 Å². The quantitative estimate of drug-likeness (QED) is 0.841. The van der Waals surface area contributed by atoms with Gasteiger partial charge in [-0.05, 0) is 13.0 Å². The summed E-state index contributed by atoms with van der Waals surface area (Å²) in [6.07, 6.45) is 3.65. The lowest BCUT2D eigenvalue weighted by Crippen LogP contribution is -1.99. The summed E-state index contributed by atoms with van der Waals surface area (Å²) in [6, 6.07) is 1.86. The van der Waals surface area contributed by atoms with Crippen molar-refractivity contribution in [3.8, 4) is 0 Å². The van der Waals surface area contributed by atoms with E-state index in [0.29, 0.717) is 5.88 Å². The SMILES string of the molecule is Cc1nc(SCn2cccn2)sc1CC(=O)O. The number of carboxylic acid groups (broad SMARTS) is 1. The molecule has 7 heteroatoms. The van der Waals surface area contributed by atoms with E-state index in [-0.39, 0.29) is 6.42 Å². The zero-order chi connectivity index (χ0) is 12.3. The molecule has 0 radical (unpaired) electrons. The third-order valence-electron chi connectivity index (χ3n) is 2.06. The first kappa shape index (κ1) is 12.1. The van der Waals surface area contributed by atoms with E-state index >= 15 is 0 Å². The Hall–Kier alpha value is -1.34. The van der Waals surface area contributed by atoms with Gasteiger partial charge in [-0.1, -0.05) is 11.8 Å². The van der Waals surface area contributed by atoms with Crippen molar-refractivity contribution in [2.75, 3.05) is 0 Å². The number of hydrogen-bond acceptors (Lipinski definition) is 5. The Kier molecular flexibility index (Phi) is 3.80. The third-order valence-corrected chi connectivity index (χ3v) is 4.35. The summed E-state index contributed by atoms with van der Waals surface area (Å²) in [5.41, 5.74) is 0.806. The van der Waals surface area contributed by atoms with Crippen molar-refractivity contribution in [2.45, 2.75) is 23.6 Å². The lowest BCUT2D eigenvalue weighted by Gasteiger charge is -1.96. The first-order valence-electron chi connectivity index (χ1n) is 4.93. The van der Waals surface area contributed by atoms with Gasteiger partial charge in [-0.25, -0.2) is 4.98 Å². The van der Waals surface area contributed by atoms with Crippen molar-refractivity contribution in [1.29, 1.82) is 0 Å². The molecule has 17 heavy (non-hydrogen) atoms. The van der Waals surface area contributed by atoms with E-state index in [1.54, 1.807) is 22.6 Å². The molecule has 0 aliphatic rings. The van der Waals surface area contributed by atoms with Crippen molar-refractivity contribution in [3.05, 3.63) is 29.0 Å². The molecule has 90 valence electrons. The molecule has 0 bridgehead atoms. The van der Waals surface area contributed by atoms with Crippen LogP contribution < -0.4 is 0 Å². The summed E-state index contributed by atoms with van der Waals surface area (Å²) in [5, 5.41) is 12.8. The molecule has 5 nitrogen and oxygen atoms in total. The molecule has 0 saturated heterocycles. The fourth-order valence-corrected chi connectivity index (χ4v) is 3.34. The van der Waals surface area contributed by atoms with Crippen LogP contribution in [0, 0.1) is 6.92 Å². The molecule has 0 fully saturated rings. The molecule has 0 aliphatic carbocycles. The second-order valence-corrected chi connectivity index (χ2v) is 5.65. The van der Waals surface area contributed by atoms with E-state index in [2.05, 4.69) is 10.1 Å². The van der Waals surface area contributed by atoms with Crippen LogP contribution >= 0.6 is 23.1 Å². The number of carbonyl (C=O) groups is 1. The van der Waals surface area contributed by atoms with Crippen LogP contribution in [0.2, 0.25) is 0 Å². The van der Waals surface area contributed by atoms with Gasteiger partial charge in [0.1, 0.15) is 0 Å². The van der Waals surface area contributed by atoms with Gasteiger partial charge >= 0.3 is 5.97 Å². The van der Waals surface area contributed by atoms with Gasteiger partial charge in [0.15, 0.2) is 4.34 Å². The van der Waals surface area contributed by atoms with Gasteiger partial charge in [-0.3, -0.25) is 9.48 Å². The minimum Gasteiger partial charge on any atom is -0.481 e. The minimum absolute atomic E-state index is 0.0475. The molecule has 0 amide bonds. The smallest absolute Gasteiger partial charge is 0.308 e. The van der Waals surface area contributed by atoms with Gasteiger partial charge in [-0.2, -0.15) is 5.10 Å². The molecule has 2 aromatic rings. The van der Waals surface area contributed by atoms with E-state index in [4.69, 9.17) is 5.11 Å². The first-order chi connectivity index (χ1) is 8.15. The van der Waals surface area contributed by atoms with Crippen LogP contribution in [0.4, 0.5) is 0 Å². The third kappa shape index (κ3) is 3.31. The molecule has 2 aromatic heterocycles. The molecule has 0 aliphatic heterocycles. The number of thioether (sulfide) groups is 1. The first-order valence-corrected chi connectivity index (χ1v) is 6.73. The predicted octanol–water partition coefficient (Wildman–Crippen LogP) is 2.02. The highest BCUT2D eigenvalue weighted by molar-refractivity contribution is 8.00. The van der Waals surface area contributed by atoms with E-state index in [1.807, 2.05) is 19.2 Å². The van der Waals surface area contributed by atoms with Crippen LogP contribution in [-0.4, -0.2) is 25.8 Å². The zero-order valence-corrected chi connectivity index (χ0v) is 10.8. The number of aliphatic carboxylic acids is 1. The van der Waals surface area contributed by atoms with Crippen molar-refractivity contribution in [2.24, 2.45) is 0 Å². The Bertz CT molecular complexity index is 508. The average Bonchev–Trinajstić information content (AvgIpc) is 2.86. The van der Waals surface area contributed by atoms with E-state index in [1.165, 1.54) is 11.3 Å². The van der Waals surface area contributed by atoms with Gasteiger partial charge in [0, 0.05) is 17.3 Å². The monoisotopic (exact) mass is 269 g/mol. The van der Waals surface area contributed by atoms with Gasteiger partial charge in [0.05, 0.1) is 18.0 Å². The largest absolute Gasteiger partial charge is 0.481 e. The normalized spacial score (nSPS) is 10.6. The maximum Gasteiger partial charge on any atom is 0.308 e. The number of aryl methyl sites for hydroxylation is 1. The molecule has 0 atom stereocenters. The Morgan fingerprint density at radius 3 is 3.12 bits per heavy atom. The Morgan fingerprint density at radius 2 is 2.47 bits per heavy atom. The van der Waals surface area contributed by atoms with E-state index in [9.17, 15) is 4.79 Å². The Balaban J connectivity index is 1.99. The molecular formula is C10H11N3O2S2. The number of carboxylic acids is 1. The Morgan fingerprint density at radius 1 is 1.65 bits per heavy atom. The van der Waals surface area contributed by atoms with Crippen LogP contribution in [0.15, 0.2) is 22.8 Å². The summed E-state index contributed by atoms with van der Waals surface area (Å²) in [6.45, 7) is 1.84. The van der Waals surface area contributed by atoms with Gasteiger partial charge in [-0.15, -0.1) is 11.3 Å². The van der Waals surface area contributed by atoms with Crippen molar-refractivity contribution < 1.29 is 9.90 Å². The maximum absolute atomic E-state index is 10.6. The highest BCUT2D eigenvalue weighted by Gasteiger charge is 2.11. The Labute approximate surface area is 106 Å². The standard InChI is InChI=1S/C10H11N3O2S2/c1-7-8(5-9(14)15)17-10(12-7)16-6-13-4-2-3-11-13/h2-4H,5-6H2,1H3,(H,14,15). The molecule has 2 heterocycles. The van der Waals surface area contributed by atoms with E-state index < -0.39 is 5.97 Å². The van der Waals surface area contributed by atoms with Crippen molar-refractivity contribution >= 4 is 29.1 Å². The van der Waals surface area contributed by atoms with Gasteiger partial charge in [0.2, 0.25) is 0 Å². The molecule has 1 N–H and O–H groups in total. The molecule has 2 rings (SSSR count). The fourth-order valence-electron chi connectivity index (χ4n) is 1.26. The lowest BCUT2D eigenvalue weighted by atomic mass is 10.3.